The summed E-state index contributed by atoms with van der Waals surface area (Å²) >= 11 is 0. The highest BCUT2D eigenvalue weighted by atomic mass is 15.2. The van der Waals surface area contributed by atoms with E-state index < -0.39 is 0 Å². The highest BCUT2D eigenvalue weighted by Gasteiger charge is 2.10. The average Bonchev–Trinajstić information content (AvgIpc) is 2.37. The molecule has 0 amide bonds. The topological polar surface area (TPSA) is 76.7 Å². The van der Waals surface area contributed by atoms with Crippen molar-refractivity contribution in [3.05, 3.63) is 24.3 Å². The molecule has 1 aromatic heterocycles. The van der Waals surface area contributed by atoms with E-state index in [4.69, 9.17) is 5.73 Å². The molecule has 2 rings (SSSR count). The van der Waals surface area contributed by atoms with Gasteiger partial charge in [0.1, 0.15) is 5.52 Å². The van der Waals surface area contributed by atoms with Crippen molar-refractivity contribution in [3.63, 3.8) is 0 Å². The number of anilines is 1. The van der Waals surface area contributed by atoms with E-state index in [0.29, 0.717) is 18.4 Å². The van der Waals surface area contributed by atoms with Crippen LogP contribution in [0.25, 0.3) is 11.0 Å². The van der Waals surface area contributed by atoms with Crippen molar-refractivity contribution in [1.82, 2.24) is 15.2 Å². The third-order valence-corrected chi connectivity index (χ3v) is 2.73. The summed E-state index contributed by atoms with van der Waals surface area (Å²) in [6, 6.07) is 7.87. The Morgan fingerprint density at radius 2 is 1.89 bits per heavy atom. The molecule has 2 aromatic rings. The maximum Gasteiger partial charge on any atom is 0.243 e. The molecule has 0 fully saturated rings. The second-order valence-electron chi connectivity index (χ2n) is 4.83. The van der Waals surface area contributed by atoms with Crippen LogP contribution in [0, 0.1) is 5.92 Å². The van der Waals surface area contributed by atoms with Gasteiger partial charge in [0.25, 0.3) is 0 Å². The summed E-state index contributed by atoms with van der Waals surface area (Å²) in [4.78, 5) is 4.43. The molecule has 1 heterocycles. The summed E-state index contributed by atoms with van der Waals surface area (Å²) in [5, 5.41) is 11.4. The van der Waals surface area contributed by atoms with Crippen LogP contribution in [0.3, 0.4) is 0 Å². The van der Waals surface area contributed by atoms with Gasteiger partial charge in [-0.3, -0.25) is 0 Å². The SMILES string of the molecule is CC(C)CC(CN)Nc1nnc2ccccc2n1. The van der Waals surface area contributed by atoms with Crippen molar-refractivity contribution >= 4 is 17.0 Å². The smallest absolute Gasteiger partial charge is 0.243 e. The standard InChI is InChI=1S/C13H19N5/c1-9(2)7-10(8-14)15-13-16-11-5-3-4-6-12(11)17-18-13/h3-6,9-10H,7-8,14H2,1-2H3,(H,15,16,18). The van der Waals surface area contributed by atoms with Gasteiger partial charge >= 0.3 is 0 Å². The predicted molar refractivity (Wildman–Crippen MR) is 73.3 cm³/mol. The second kappa shape index (κ2) is 5.73. The molecule has 18 heavy (non-hydrogen) atoms. The first-order chi connectivity index (χ1) is 8.69. The Balaban J connectivity index is 2.15. The first-order valence-electron chi connectivity index (χ1n) is 6.25. The summed E-state index contributed by atoms with van der Waals surface area (Å²) in [6.07, 6.45) is 0.993. The number of rotatable bonds is 5. The van der Waals surface area contributed by atoms with E-state index in [9.17, 15) is 0 Å². The van der Waals surface area contributed by atoms with Gasteiger partial charge in [0.2, 0.25) is 5.95 Å². The van der Waals surface area contributed by atoms with Crippen molar-refractivity contribution in [1.29, 1.82) is 0 Å². The van der Waals surface area contributed by atoms with Crippen LogP contribution >= 0.6 is 0 Å². The maximum absolute atomic E-state index is 5.74. The number of fused-ring (bicyclic) bond motifs is 1. The number of nitrogens with two attached hydrogens (primary N) is 1. The van der Waals surface area contributed by atoms with Crippen LogP contribution < -0.4 is 11.1 Å². The highest BCUT2D eigenvalue weighted by Crippen LogP contribution is 2.11. The van der Waals surface area contributed by atoms with Gasteiger partial charge < -0.3 is 11.1 Å². The van der Waals surface area contributed by atoms with Gasteiger partial charge in [-0.25, -0.2) is 4.98 Å². The molecule has 5 nitrogen and oxygen atoms in total. The lowest BCUT2D eigenvalue weighted by molar-refractivity contribution is 0.519. The molecule has 0 saturated carbocycles. The third kappa shape index (κ3) is 3.13. The minimum absolute atomic E-state index is 0.188. The predicted octanol–water partition coefficient (Wildman–Crippen LogP) is 1.81. The van der Waals surface area contributed by atoms with E-state index in [2.05, 4.69) is 34.3 Å². The van der Waals surface area contributed by atoms with Gasteiger partial charge in [-0.15, -0.1) is 10.2 Å². The van der Waals surface area contributed by atoms with Crippen molar-refractivity contribution in [2.24, 2.45) is 11.7 Å². The zero-order chi connectivity index (χ0) is 13.0. The molecule has 0 radical (unpaired) electrons. The molecule has 0 aliphatic heterocycles. The molecule has 0 aliphatic carbocycles. The fraction of sp³-hybridized carbons (Fsp3) is 0.462. The van der Waals surface area contributed by atoms with E-state index >= 15 is 0 Å². The Kier molecular flexibility index (Phi) is 4.04. The summed E-state index contributed by atoms with van der Waals surface area (Å²) in [5.74, 6) is 1.13. The first-order valence-corrected chi connectivity index (χ1v) is 6.25. The molecule has 1 unspecified atom stereocenters. The second-order valence-corrected chi connectivity index (χ2v) is 4.83. The molecule has 1 aromatic carbocycles. The molecule has 0 bridgehead atoms. The lowest BCUT2D eigenvalue weighted by Gasteiger charge is -2.18. The Bertz CT molecular complexity index is 511. The number of nitrogens with one attached hydrogen (secondary N) is 1. The molecular formula is C13H19N5. The number of benzene rings is 1. The molecule has 1 atom stereocenters. The Hall–Kier alpha value is -1.75. The number of hydrogen-bond acceptors (Lipinski definition) is 5. The van der Waals surface area contributed by atoms with Gasteiger partial charge in [0.15, 0.2) is 0 Å². The largest absolute Gasteiger partial charge is 0.349 e. The van der Waals surface area contributed by atoms with Crippen LogP contribution in [-0.2, 0) is 0 Å². The van der Waals surface area contributed by atoms with Gasteiger partial charge in [-0.2, -0.15) is 0 Å². The Morgan fingerprint density at radius 3 is 2.56 bits per heavy atom. The van der Waals surface area contributed by atoms with E-state index in [1.807, 2.05) is 24.3 Å². The van der Waals surface area contributed by atoms with E-state index in [-0.39, 0.29) is 6.04 Å². The third-order valence-electron chi connectivity index (χ3n) is 2.73. The van der Waals surface area contributed by atoms with Crippen molar-refractivity contribution < 1.29 is 0 Å². The normalized spacial score (nSPS) is 12.9. The van der Waals surface area contributed by atoms with Crippen LogP contribution in [0.1, 0.15) is 20.3 Å². The number of aromatic nitrogens is 3. The van der Waals surface area contributed by atoms with Gasteiger partial charge in [-0.05, 0) is 24.5 Å². The number of para-hydroxylation sites is 1. The molecule has 3 N–H and O–H groups in total. The van der Waals surface area contributed by atoms with Crippen LogP contribution in [0.2, 0.25) is 0 Å². The van der Waals surface area contributed by atoms with Gasteiger partial charge in [0, 0.05) is 12.6 Å². The highest BCUT2D eigenvalue weighted by molar-refractivity contribution is 5.74. The van der Waals surface area contributed by atoms with Crippen LogP contribution in [-0.4, -0.2) is 27.8 Å². The molecule has 0 aliphatic rings. The molecule has 96 valence electrons. The lowest BCUT2D eigenvalue weighted by atomic mass is 10.0. The number of hydrogen-bond donors (Lipinski definition) is 2. The van der Waals surface area contributed by atoms with Crippen LogP contribution in [0.4, 0.5) is 5.95 Å². The zero-order valence-corrected chi connectivity index (χ0v) is 10.8. The Labute approximate surface area is 107 Å². The quantitative estimate of drug-likeness (QED) is 0.840. The van der Waals surface area contributed by atoms with Crippen molar-refractivity contribution in [3.8, 4) is 0 Å². The summed E-state index contributed by atoms with van der Waals surface area (Å²) in [7, 11) is 0. The molecule has 0 saturated heterocycles. The first kappa shape index (κ1) is 12.7. The Morgan fingerprint density at radius 1 is 1.17 bits per heavy atom. The van der Waals surface area contributed by atoms with Gasteiger partial charge in [0.05, 0.1) is 5.52 Å². The molecule has 5 heteroatoms. The van der Waals surface area contributed by atoms with E-state index in [1.54, 1.807) is 0 Å². The van der Waals surface area contributed by atoms with Gasteiger partial charge in [-0.1, -0.05) is 26.0 Å². The number of nitrogens with zero attached hydrogens (tertiary/aromatic N) is 3. The van der Waals surface area contributed by atoms with Crippen LogP contribution in [0.15, 0.2) is 24.3 Å². The van der Waals surface area contributed by atoms with E-state index in [0.717, 1.165) is 17.5 Å². The lowest BCUT2D eigenvalue weighted by Crippen LogP contribution is -2.31. The van der Waals surface area contributed by atoms with Crippen molar-refractivity contribution in [2.45, 2.75) is 26.3 Å². The molecular weight excluding hydrogens is 226 g/mol. The fourth-order valence-electron chi connectivity index (χ4n) is 1.91. The maximum atomic E-state index is 5.74. The fourth-order valence-corrected chi connectivity index (χ4v) is 1.91. The monoisotopic (exact) mass is 245 g/mol. The summed E-state index contributed by atoms with van der Waals surface area (Å²) in [5.41, 5.74) is 7.39. The average molecular weight is 245 g/mol. The van der Waals surface area contributed by atoms with Crippen molar-refractivity contribution in [2.75, 3.05) is 11.9 Å². The minimum Gasteiger partial charge on any atom is -0.349 e. The summed E-state index contributed by atoms with van der Waals surface area (Å²) in [6.45, 7) is 4.90. The molecule has 0 spiro atoms. The zero-order valence-electron chi connectivity index (χ0n) is 10.8. The van der Waals surface area contributed by atoms with E-state index in [1.165, 1.54) is 0 Å². The minimum atomic E-state index is 0.188. The summed E-state index contributed by atoms with van der Waals surface area (Å²) < 4.78 is 0. The van der Waals surface area contributed by atoms with Crippen LogP contribution in [0.5, 0.6) is 0 Å².